The molecule has 0 heterocycles. The molecule has 0 amide bonds. The highest BCUT2D eigenvalue weighted by molar-refractivity contribution is 6.64. The SMILES string of the molecule is O=C(Cl)[C@H](CO)c1ccccc1. The van der Waals surface area contributed by atoms with Crippen LogP contribution in [-0.2, 0) is 4.79 Å². The van der Waals surface area contributed by atoms with Crippen LogP contribution < -0.4 is 0 Å². The van der Waals surface area contributed by atoms with Gasteiger partial charge in [0.25, 0.3) is 0 Å². The second kappa shape index (κ2) is 4.24. The summed E-state index contributed by atoms with van der Waals surface area (Å²) in [5.74, 6) is -0.590. The van der Waals surface area contributed by atoms with Crippen LogP contribution in [-0.4, -0.2) is 17.0 Å². The van der Waals surface area contributed by atoms with Crippen LogP contribution in [0.2, 0.25) is 0 Å². The monoisotopic (exact) mass is 184 g/mol. The summed E-state index contributed by atoms with van der Waals surface area (Å²) in [4.78, 5) is 10.8. The number of halogens is 1. The van der Waals surface area contributed by atoms with E-state index in [9.17, 15) is 4.79 Å². The van der Waals surface area contributed by atoms with Crippen LogP contribution in [0, 0.1) is 0 Å². The Hall–Kier alpha value is -0.860. The quantitative estimate of drug-likeness (QED) is 0.724. The van der Waals surface area contributed by atoms with Gasteiger partial charge in [0.2, 0.25) is 5.24 Å². The van der Waals surface area contributed by atoms with Gasteiger partial charge >= 0.3 is 0 Å². The molecule has 0 saturated carbocycles. The molecule has 1 aromatic carbocycles. The van der Waals surface area contributed by atoms with Crippen molar-refractivity contribution in [3.63, 3.8) is 0 Å². The molecule has 1 N–H and O–H groups in total. The molecule has 0 spiro atoms. The number of hydrogen-bond acceptors (Lipinski definition) is 2. The van der Waals surface area contributed by atoms with Gasteiger partial charge in [0, 0.05) is 0 Å². The molecule has 64 valence electrons. The highest BCUT2D eigenvalue weighted by atomic mass is 35.5. The molecule has 3 heteroatoms. The smallest absolute Gasteiger partial charge is 0.231 e. The van der Waals surface area contributed by atoms with E-state index >= 15 is 0 Å². The van der Waals surface area contributed by atoms with Gasteiger partial charge < -0.3 is 5.11 Å². The summed E-state index contributed by atoms with van der Waals surface area (Å²) in [6.45, 7) is -0.244. The van der Waals surface area contributed by atoms with E-state index in [0.717, 1.165) is 5.56 Å². The molecule has 0 saturated heterocycles. The number of aliphatic hydroxyl groups is 1. The highest BCUT2D eigenvalue weighted by Gasteiger charge is 2.16. The van der Waals surface area contributed by atoms with Crippen LogP contribution >= 0.6 is 11.6 Å². The van der Waals surface area contributed by atoms with Crippen LogP contribution in [0.5, 0.6) is 0 Å². The fraction of sp³-hybridized carbons (Fsp3) is 0.222. The first-order valence-electron chi connectivity index (χ1n) is 3.61. The predicted molar refractivity (Wildman–Crippen MR) is 47.1 cm³/mol. The second-order valence-corrected chi connectivity index (χ2v) is 2.82. The van der Waals surface area contributed by atoms with Crippen molar-refractivity contribution in [2.45, 2.75) is 5.92 Å². The third-order valence-corrected chi connectivity index (χ3v) is 1.92. The van der Waals surface area contributed by atoms with Crippen molar-refractivity contribution in [1.82, 2.24) is 0 Å². The Morgan fingerprint density at radius 2 is 2.00 bits per heavy atom. The lowest BCUT2D eigenvalue weighted by Crippen LogP contribution is -2.10. The number of hydrogen-bond donors (Lipinski definition) is 1. The van der Waals surface area contributed by atoms with Gasteiger partial charge in [0.05, 0.1) is 12.5 Å². The van der Waals surface area contributed by atoms with E-state index in [-0.39, 0.29) is 6.61 Å². The van der Waals surface area contributed by atoms with Crippen molar-refractivity contribution in [3.05, 3.63) is 35.9 Å². The van der Waals surface area contributed by atoms with Crippen molar-refractivity contribution in [1.29, 1.82) is 0 Å². The molecule has 0 aliphatic heterocycles. The Kier molecular flexibility index (Phi) is 3.26. The van der Waals surface area contributed by atoms with Gasteiger partial charge in [-0.2, -0.15) is 0 Å². The van der Waals surface area contributed by atoms with E-state index in [1.54, 1.807) is 24.3 Å². The minimum absolute atomic E-state index is 0.244. The van der Waals surface area contributed by atoms with Gasteiger partial charge in [0.15, 0.2) is 0 Å². The molecular weight excluding hydrogens is 176 g/mol. The highest BCUT2D eigenvalue weighted by Crippen LogP contribution is 2.17. The number of benzene rings is 1. The van der Waals surface area contributed by atoms with Crippen molar-refractivity contribution in [2.24, 2.45) is 0 Å². The zero-order valence-corrected chi connectivity index (χ0v) is 7.16. The van der Waals surface area contributed by atoms with Crippen LogP contribution in [0.4, 0.5) is 0 Å². The zero-order valence-electron chi connectivity index (χ0n) is 6.40. The van der Waals surface area contributed by atoms with Crippen LogP contribution in [0.15, 0.2) is 30.3 Å². The van der Waals surface area contributed by atoms with E-state index in [1.807, 2.05) is 6.07 Å². The summed E-state index contributed by atoms with van der Waals surface area (Å²) in [6, 6.07) is 8.98. The minimum Gasteiger partial charge on any atom is -0.395 e. The number of rotatable bonds is 3. The maximum atomic E-state index is 10.8. The third-order valence-electron chi connectivity index (χ3n) is 1.66. The molecule has 0 bridgehead atoms. The van der Waals surface area contributed by atoms with Crippen LogP contribution in [0.25, 0.3) is 0 Å². The Bertz CT molecular complexity index is 258. The molecule has 1 aromatic rings. The summed E-state index contributed by atoms with van der Waals surface area (Å²) in [5, 5.41) is 8.32. The van der Waals surface area contributed by atoms with E-state index < -0.39 is 11.2 Å². The molecule has 1 rings (SSSR count). The fourth-order valence-electron chi connectivity index (χ4n) is 0.994. The lowest BCUT2D eigenvalue weighted by atomic mass is 10.0. The molecule has 2 nitrogen and oxygen atoms in total. The molecule has 0 fully saturated rings. The lowest BCUT2D eigenvalue weighted by molar-refractivity contribution is -0.113. The molecule has 0 radical (unpaired) electrons. The third kappa shape index (κ3) is 2.06. The van der Waals surface area contributed by atoms with Crippen molar-refractivity contribution in [2.75, 3.05) is 6.61 Å². The van der Waals surface area contributed by atoms with E-state index in [0.29, 0.717) is 0 Å². The molecule has 12 heavy (non-hydrogen) atoms. The normalized spacial score (nSPS) is 12.5. The van der Waals surface area contributed by atoms with E-state index in [2.05, 4.69) is 0 Å². The van der Waals surface area contributed by atoms with Gasteiger partial charge in [-0.05, 0) is 17.2 Å². The minimum atomic E-state index is -0.590. The Labute approximate surface area is 75.8 Å². The molecule has 1 atom stereocenters. The molecule has 0 aliphatic carbocycles. The fourth-order valence-corrected chi connectivity index (χ4v) is 1.19. The summed E-state index contributed by atoms with van der Waals surface area (Å²) in [5.41, 5.74) is 0.750. The Morgan fingerprint density at radius 1 is 1.42 bits per heavy atom. The van der Waals surface area contributed by atoms with Crippen LogP contribution in [0.1, 0.15) is 11.5 Å². The summed E-state index contributed by atoms with van der Waals surface area (Å²) < 4.78 is 0. The average molecular weight is 185 g/mol. The largest absolute Gasteiger partial charge is 0.395 e. The first-order chi connectivity index (χ1) is 5.75. The molecule has 0 unspecified atom stereocenters. The van der Waals surface area contributed by atoms with Gasteiger partial charge in [-0.3, -0.25) is 4.79 Å². The molecule has 0 aliphatic rings. The van der Waals surface area contributed by atoms with Gasteiger partial charge in [0.1, 0.15) is 0 Å². The predicted octanol–water partition coefficient (Wildman–Crippen LogP) is 1.53. The summed E-state index contributed by atoms with van der Waals surface area (Å²) in [6.07, 6.45) is 0. The van der Waals surface area contributed by atoms with Gasteiger partial charge in [-0.1, -0.05) is 30.3 Å². The topological polar surface area (TPSA) is 37.3 Å². The Balaban J connectivity index is 2.88. The lowest BCUT2D eigenvalue weighted by Gasteiger charge is -2.07. The average Bonchev–Trinajstić information content (AvgIpc) is 2.07. The summed E-state index contributed by atoms with van der Waals surface area (Å²) >= 11 is 5.28. The first kappa shape index (κ1) is 9.23. The maximum absolute atomic E-state index is 10.8. The van der Waals surface area contributed by atoms with Crippen molar-refractivity contribution < 1.29 is 9.90 Å². The second-order valence-electron chi connectivity index (χ2n) is 2.45. The van der Waals surface area contributed by atoms with E-state index in [4.69, 9.17) is 16.7 Å². The van der Waals surface area contributed by atoms with Crippen LogP contribution in [0.3, 0.4) is 0 Å². The van der Waals surface area contributed by atoms with E-state index in [1.165, 1.54) is 0 Å². The first-order valence-corrected chi connectivity index (χ1v) is 3.98. The molecule has 0 aromatic heterocycles. The van der Waals surface area contributed by atoms with Crippen molar-refractivity contribution >= 4 is 16.8 Å². The number of aliphatic hydroxyl groups excluding tert-OH is 1. The number of carbonyl (C=O) groups is 1. The summed E-state index contributed by atoms with van der Waals surface area (Å²) in [7, 11) is 0. The molecular formula is C9H9ClO2. The standard InChI is InChI=1S/C9H9ClO2/c10-9(12)8(6-11)7-4-2-1-3-5-7/h1-5,8,11H,6H2/t8-/m1/s1. The Morgan fingerprint density at radius 3 is 2.42 bits per heavy atom. The number of carbonyl (C=O) groups excluding carboxylic acids is 1. The van der Waals surface area contributed by atoms with Gasteiger partial charge in [-0.15, -0.1) is 0 Å². The zero-order chi connectivity index (χ0) is 8.97. The van der Waals surface area contributed by atoms with Crippen molar-refractivity contribution in [3.8, 4) is 0 Å². The maximum Gasteiger partial charge on any atom is 0.231 e. The van der Waals surface area contributed by atoms with Gasteiger partial charge in [-0.25, -0.2) is 0 Å².